The van der Waals surface area contributed by atoms with Crippen molar-refractivity contribution in [2.75, 3.05) is 11.9 Å². The molecular formula is C35H37N. The molecule has 0 saturated heterocycles. The molecular weight excluding hydrogens is 434 g/mol. The van der Waals surface area contributed by atoms with Crippen LogP contribution in [-0.2, 0) is 5.41 Å². The van der Waals surface area contributed by atoms with Gasteiger partial charge in [-0.25, -0.2) is 0 Å². The minimum Gasteiger partial charge on any atom is -0.345 e. The van der Waals surface area contributed by atoms with E-state index in [1.54, 1.807) is 0 Å². The van der Waals surface area contributed by atoms with Crippen LogP contribution in [-0.4, -0.2) is 7.05 Å². The molecule has 1 nitrogen and oxygen atoms in total. The van der Waals surface area contributed by atoms with Crippen molar-refractivity contribution in [3.8, 4) is 11.1 Å². The summed E-state index contributed by atoms with van der Waals surface area (Å²) >= 11 is 0. The molecule has 4 aromatic rings. The van der Waals surface area contributed by atoms with E-state index in [9.17, 15) is 0 Å². The number of hydrogen-bond donors (Lipinski definition) is 0. The van der Waals surface area contributed by atoms with E-state index in [-0.39, 0.29) is 5.41 Å². The van der Waals surface area contributed by atoms with Gasteiger partial charge in [-0.3, -0.25) is 0 Å². The predicted octanol–water partition coefficient (Wildman–Crippen LogP) is 9.51. The van der Waals surface area contributed by atoms with Gasteiger partial charge < -0.3 is 4.90 Å². The highest BCUT2D eigenvalue weighted by atomic mass is 15.1. The molecule has 0 aromatic heterocycles. The summed E-state index contributed by atoms with van der Waals surface area (Å²) in [5, 5.41) is 0. The van der Waals surface area contributed by atoms with E-state index in [0.29, 0.717) is 5.92 Å². The van der Waals surface area contributed by atoms with E-state index in [2.05, 4.69) is 124 Å². The molecule has 36 heavy (non-hydrogen) atoms. The Bertz CT molecular complexity index is 1370. The molecule has 0 aliphatic heterocycles. The van der Waals surface area contributed by atoms with E-state index in [1.165, 1.54) is 76.0 Å². The summed E-state index contributed by atoms with van der Waals surface area (Å²) in [6, 6.07) is 34.4. The van der Waals surface area contributed by atoms with Gasteiger partial charge in [-0.05, 0) is 102 Å². The molecule has 4 aromatic carbocycles. The second-order valence-electron chi connectivity index (χ2n) is 11.5. The number of aryl methyl sites for hydroxylation is 1. The average molecular weight is 472 g/mol. The van der Waals surface area contributed by atoms with E-state index < -0.39 is 0 Å². The van der Waals surface area contributed by atoms with Crippen LogP contribution < -0.4 is 4.90 Å². The lowest BCUT2D eigenvalue weighted by molar-refractivity contribution is 0.396. The molecule has 0 radical (unpaired) electrons. The first-order valence-electron chi connectivity index (χ1n) is 13.6. The Hall–Kier alpha value is -3.32. The fourth-order valence-electron chi connectivity index (χ4n) is 6.65. The summed E-state index contributed by atoms with van der Waals surface area (Å²) in [7, 11) is 2.20. The smallest absolute Gasteiger partial charge is 0.0411 e. The Kier molecular flexibility index (Phi) is 5.75. The summed E-state index contributed by atoms with van der Waals surface area (Å²) in [6.07, 6.45) is 5.16. The molecule has 6 rings (SSSR count). The van der Waals surface area contributed by atoms with Crippen molar-refractivity contribution in [3.63, 3.8) is 0 Å². The molecule has 1 fully saturated rings. The quantitative estimate of drug-likeness (QED) is 0.286. The molecule has 0 spiro atoms. The van der Waals surface area contributed by atoms with Gasteiger partial charge in [0.2, 0.25) is 0 Å². The third kappa shape index (κ3) is 3.95. The van der Waals surface area contributed by atoms with Crippen molar-refractivity contribution >= 4 is 11.4 Å². The third-order valence-corrected chi connectivity index (χ3v) is 8.95. The van der Waals surface area contributed by atoms with Crippen LogP contribution in [0, 0.1) is 6.92 Å². The van der Waals surface area contributed by atoms with E-state index in [0.717, 1.165) is 5.92 Å². The van der Waals surface area contributed by atoms with Crippen LogP contribution >= 0.6 is 0 Å². The molecule has 2 aliphatic carbocycles. The highest BCUT2D eigenvalue weighted by molar-refractivity contribution is 5.83. The molecule has 0 unspecified atom stereocenters. The zero-order valence-electron chi connectivity index (χ0n) is 22.1. The first kappa shape index (κ1) is 23.1. The number of benzene rings is 4. The SMILES string of the molecule is Cc1ccc2c(c1)C(C)(C)c1cc(N(C)c3ccc(C4CCC(c5ccccc5)CC4)cc3)ccc1-2. The molecule has 1 saturated carbocycles. The lowest BCUT2D eigenvalue weighted by Gasteiger charge is -2.29. The molecule has 0 N–H and O–H groups in total. The first-order valence-corrected chi connectivity index (χ1v) is 13.6. The van der Waals surface area contributed by atoms with Crippen molar-refractivity contribution in [3.05, 3.63) is 119 Å². The van der Waals surface area contributed by atoms with Crippen molar-refractivity contribution < 1.29 is 0 Å². The monoisotopic (exact) mass is 471 g/mol. The van der Waals surface area contributed by atoms with Crippen LogP contribution in [0.1, 0.15) is 79.2 Å². The van der Waals surface area contributed by atoms with Gasteiger partial charge in [0.15, 0.2) is 0 Å². The summed E-state index contributed by atoms with van der Waals surface area (Å²) in [5.74, 6) is 1.42. The number of nitrogens with zero attached hydrogens (tertiary/aromatic N) is 1. The van der Waals surface area contributed by atoms with Gasteiger partial charge in [-0.2, -0.15) is 0 Å². The van der Waals surface area contributed by atoms with Crippen LogP contribution in [0.3, 0.4) is 0 Å². The third-order valence-electron chi connectivity index (χ3n) is 8.95. The van der Waals surface area contributed by atoms with Crippen LogP contribution in [0.15, 0.2) is 91.0 Å². The standard InChI is InChI=1S/C35H37N/c1-24-10-20-31-32-21-19-30(23-34(32)35(2,3)33(31)22-24)36(4)29-17-15-28(16-18-29)27-13-11-26(12-14-27)25-8-6-5-7-9-25/h5-10,15-23,26-27H,11-14H2,1-4H3. The molecule has 0 amide bonds. The van der Waals surface area contributed by atoms with Crippen molar-refractivity contribution in [1.82, 2.24) is 0 Å². The zero-order chi connectivity index (χ0) is 24.9. The van der Waals surface area contributed by atoms with Crippen molar-refractivity contribution in [1.29, 1.82) is 0 Å². The number of fused-ring (bicyclic) bond motifs is 3. The predicted molar refractivity (Wildman–Crippen MR) is 154 cm³/mol. The van der Waals surface area contributed by atoms with Gasteiger partial charge in [0.25, 0.3) is 0 Å². The largest absolute Gasteiger partial charge is 0.345 e. The maximum absolute atomic E-state index is 2.41. The van der Waals surface area contributed by atoms with Gasteiger partial charge >= 0.3 is 0 Å². The Morgan fingerprint density at radius 2 is 1.14 bits per heavy atom. The number of anilines is 2. The van der Waals surface area contributed by atoms with Gasteiger partial charge in [-0.15, -0.1) is 0 Å². The van der Waals surface area contributed by atoms with E-state index >= 15 is 0 Å². The van der Waals surface area contributed by atoms with Gasteiger partial charge in [0.1, 0.15) is 0 Å². The highest BCUT2D eigenvalue weighted by Gasteiger charge is 2.35. The molecule has 182 valence electrons. The molecule has 0 heterocycles. The Labute approximate surface area is 216 Å². The maximum atomic E-state index is 2.41. The minimum atomic E-state index is 0.0238. The fourth-order valence-corrected chi connectivity index (χ4v) is 6.65. The Balaban J connectivity index is 1.18. The van der Waals surface area contributed by atoms with Crippen LogP contribution in [0.2, 0.25) is 0 Å². The Morgan fingerprint density at radius 3 is 1.78 bits per heavy atom. The summed E-state index contributed by atoms with van der Waals surface area (Å²) < 4.78 is 0. The van der Waals surface area contributed by atoms with Crippen LogP contribution in [0.4, 0.5) is 11.4 Å². The average Bonchev–Trinajstić information content (AvgIpc) is 3.14. The van der Waals surface area contributed by atoms with E-state index in [4.69, 9.17) is 0 Å². The lowest BCUT2D eigenvalue weighted by atomic mass is 9.76. The van der Waals surface area contributed by atoms with Crippen molar-refractivity contribution in [2.24, 2.45) is 0 Å². The second-order valence-corrected chi connectivity index (χ2v) is 11.5. The normalized spacial score (nSPS) is 20.0. The molecule has 0 bridgehead atoms. The van der Waals surface area contributed by atoms with Gasteiger partial charge in [-0.1, -0.05) is 86.1 Å². The summed E-state index contributed by atoms with van der Waals surface area (Å²) in [4.78, 5) is 2.33. The summed E-state index contributed by atoms with van der Waals surface area (Å²) in [6.45, 7) is 6.92. The minimum absolute atomic E-state index is 0.0238. The fraction of sp³-hybridized carbons (Fsp3) is 0.314. The van der Waals surface area contributed by atoms with Gasteiger partial charge in [0, 0.05) is 23.8 Å². The summed E-state index contributed by atoms with van der Waals surface area (Å²) in [5.41, 5.74) is 12.5. The second kappa shape index (κ2) is 8.96. The number of hydrogen-bond acceptors (Lipinski definition) is 1. The van der Waals surface area contributed by atoms with Crippen LogP contribution in [0.25, 0.3) is 11.1 Å². The van der Waals surface area contributed by atoms with Crippen LogP contribution in [0.5, 0.6) is 0 Å². The van der Waals surface area contributed by atoms with Crippen molar-refractivity contribution in [2.45, 2.75) is 63.7 Å². The lowest BCUT2D eigenvalue weighted by Crippen LogP contribution is -2.16. The van der Waals surface area contributed by atoms with Gasteiger partial charge in [0.05, 0.1) is 0 Å². The number of rotatable bonds is 4. The molecule has 1 heteroatoms. The maximum Gasteiger partial charge on any atom is 0.0411 e. The van der Waals surface area contributed by atoms with E-state index in [1.807, 2.05) is 0 Å². The molecule has 0 atom stereocenters. The topological polar surface area (TPSA) is 3.24 Å². The zero-order valence-corrected chi connectivity index (χ0v) is 22.1. The Morgan fingerprint density at radius 1 is 0.611 bits per heavy atom. The highest BCUT2D eigenvalue weighted by Crippen LogP contribution is 2.50. The molecule has 2 aliphatic rings. The first-order chi connectivity index (χ1) is 17.4.